The molecule has 1 aliphatic rings. The molecule has 0 fully saturated rings. The molecule has 0 aliphatic carbocycles. The molecule has 1 aliphatic heterocycles. The van der Waals surface area contributed by atoms with Crippen molar-refractivity contribution in [3.8, 4) is 0 Å². The molecule has 26 heavy (non-hydrogen) atoms. The maximum absolute atomic E-state index is 12.8. The fraction of sp³-hybridized carbons (Fsp3) is 0.211. The van der Waals surface area contributed by atoms with Crippen molar-refractivity contribution in [2.75, 3.05) is 18.0 Å². The summed E-state index contributed by atoms with van der Waals surface area (Å²) >= 11 is 0. The molecule has 0 saturated carbocycles. The SMILES string of the molecule is O=C(c1cnccn1)N1CCN(Cc2ccncc2)c2ncccc2C1. The largest absolute Gasteiger partial charge is 0.350 e. The highest BCUT2D eigenvalue weighted by Crippen LogP contribution is 2.24. The summed E-state index contributed by atoms with van der Waals surface area (Å²) in [4.78, 5) is 33.6. The minimum atomic E-state index is -0.112. The van der Waals surface area contributed by atoms with Crippen molar-refractivity contribution in [2.45, 2.75) is 13.1 Å². The normalized spacial score (nSPS) is 13.8. The van der Waals surface area contributed by atoms with E-state index in [0.717, 1.165) is 23.5 Å². The number of rotatable bonds is 3. The van der Waals surface area contributed by atoms with Crippen LogP contribution in [0.4, 0.5) is 5.82 Å². The minimum Gasteiger partial charge on any atom is -0.350 e. The first-order chi connectivity index (χ1) is 12.8. The van der Waals surface area contributed by atoms with E-state index in [1.807, 2.05) is 24.3 Å². The standard InChI is InChI=1S/C19H18N6O/c26-19(17-12-21-8-9-22-17)25-11-10-24(13-15-3-6-20-7-4-15)18-16(14-25)2-1-5-23-18/h1-9,12H,10-11,13-14H2. The van der Waals surface area contributed by atoms with Gasteiger partial charge in [-0.3, -0.25) is 14.8 Å². The number of amides is 1. The molecule has 0 bridgehead atoms. The number of nitrogens with zero attached hydrogens (tertiary/aromatic N) is 6. The zero-order chi connectivity index (χ0) is 17.8. The van der Waals surface area contributed by atoms with Crippen LogP contribution in [-0.2, 0) is 13.1 Å². The number of anilines is 1. The van der Waals surface area contributed by atoms with Crippen LogP contribution in [0.25, 0.3) is 0 Å². The van der Waals surface area contributed by atoms with Crippen LogP contribution >= 0.6 is 0 Å². The molecule has 0 radical (unpaired) electrons. The van der Waals surface area contributed by atoms with Gasteiger partial charge in [-0.05, 0) is 23.8 Å². The Balaban J connectivity index is 1.61. The van der Waals surface area contributed by atoms with E-state index < -0.39 is 0 Å². The summed E-state index contributed by atoms with van der Waals surface area (Å²) in [5.74, 6) is 0.803. The van der Waals surface area contributed by atoms with Gasteiger partial charge in [0.05, 0.1) is 6.20 Å². The quantitative estimate of drug-likeness (QED) is 0.721. The third-order valence-corrected chi connectivity index (χ3v) is 4.36. The molecular weight excluding hydrogens is 328 g/mol. The van der Waals surface area contributed by atoms with E-state index in [1.54, 1.807) is 29.7 Å². The lowest BCUT2D eigenvalue weighted by Crippen LogP contribution is -2.35. The topological polar surface area (TPSA) is 75.1 Å². The van der Waals surface area contributed by atoms with Crippen LogP contribution in [0.15, 0.2) is 61.4 Å². The number of carbonyl (C=O) groups excluding carboxylic acids is 1. The van der Waals surface area contributed by atoms with Gasteiger partial charge in [0.25, 0.3) is 5.91 Å². The van der Waals surface area contributed by atoms with E-state index in [4.69, 9.17) is 0 Å². The average molecular weight is 346 g/mol. The highest BCUT2D eigenvalue weighted by atomic mass is 16.2. The molecule has 0 spiro atoms. The number of fused-ring (bicyclic) bond motifs is 1. The minimum absolute atomic E-state index is 0.112. The van der Waals surface area contributed by atoms with E-state index >= 15 is 0 Å². The summed E-state index contributed by atoms with van der Waals surface area (Å²) in [5, 5.41) is 0. The van der Waals surface area contributed by atoms with Gasteiger partial charge in [-0.15, -0.1) is 0 Å². The van der Waals surface area contributed by atoms with Gasteiger partial charge >= 0.3 is 0 Å². The maximum atomic E-state index is 12.8. The first-order valence-electron chi connectivity index (χ1n) is 8.44. The first kappa shape index (κ1) is 16.1. The van der Waals surface area contributed by atoms with Gasteiger partial charge in [-0.2, -0.15) is 0 Å². The Morgan fingerprint density at radius 1 is 0.962 bits per heavy atom. The molecule has 1 amide bonds. The molecule has 130 valence electrons. The predicted octanol–water partition coefficient (Wildman–Crippen LogP) is 1.93. The summed E-state index contributed by atoms with van der Waals surface area (Å²) in [6.45, 7) is 2.51. The molecule has 3 aromatic heterocycles. The molecule has 0 unspecified atom stereocenters. The zero-order valence-electron chi connectivity index (χ0n) is 14.2. The van der Waals surface area contributed by atoms with Gasteiger partial charge in [0.1, 0.15) is 11.5 Å². The maximum Gasteiger partial charge on any atom is 0.274 e. The zero-order valence-corrected chi connectivity index (χ0v) is 14.2. The van der Waals surface area contributed by atoms with E-state index in [-0.39, 0.29) is 5.91 Å². The van der Waals surface area contributed by atoms with Gasteiger partial charge in [-0.1, -0.05) is 6.07 Å². The lowest BCUT2D eigenvalue weighted by atomic mass is 10.2. The first-order valence-corrected chi connectivity index (χ1v) is 8.44. The lowest BCUT2D eigenvalue weighted by Gasteiger charge is -2.23. The molecule has 0 N–H and O–H groups in total. The van der Waals surface area contributed by atoms with Gasteiger partial charge in [0.15, 0.2) is 0 Å². The molecule has 4 rings (SSSR count). The third-order valence-electron chi connectivity index (χ3n) is 4.36. The lowest BCUT2D eigenvalue weighted by molar-refractivity contribution is 0.0745. The Morgan fingerprint density at radius 3 is 2.65 bits per heavy atom. The molecule has 0 aromatic carbocycles. The van der Waals surface area contributed by atoms with Crippen LogP contribution in [0.2, 0.25) is 0 Å². The summed E-state index contributed by atoms with van der Waals surface area (Å²) in [6.07, 6.45) is 9.97. The molecule has 7 nitrogen and oxygen atoms in total. The second kappa shape index (κ2) is 7.26. The van der Waals surface area contributed by atoms with Crippen molar-refractivity contribution in [1.29, 1.82) is 0 Å². The van der Waals surface area contributed by atoms with E-state index in [2.05, 4.69) is 24.8 Å². The summed E-state index contributed by atoms with van der Waals surface area (Å²) in [7, 11) is 0. The number of aromatic nitrogens is 4. The Labute approximate surface area is 151 Å². The van der Waals surface area contributed by atoms with Crippen LogP contribution < -0.4 is 4.90 Å². The third kappa shape index (κ3) is 3.37. The second-order valence-electron chi connectivity index (χ2n) is 6.08. The van der Waals surface area contributed by atoms with Crippen LogP contribution in [0.1, 0.15) is 21.6 Å². The van der Waals surface area contributed by atoms with Crippen LogP contribution in [0, 0.1) is 0 Å². The Hall–Kier alpha value is -3.35. The highest BCUT2D eigenvalue weighted by molar-refractivity contribution is 5.92. The molecule has 0 saturated heterocycles. The van der Waals surface area contributed by atoms with E-state index in [9.17, 15) is 4.79 Å². The predicted molar refractivity (Wildman–Crippen MR) is 96.3 cm³/mol. The van der Waals surface area contributed by atoms with Gasteiger partial charge in [0, 0.05) is 62.7 Å². The Kier molecular flexibility index (Phi) is 4.51. The van der Waals surface area contributed by atoms with E-state index in [0.29, 0.717) is 25.3 Å². The summed E-state index contributed by atoms with van der Waals surface area (Å²) < 4.78 is 0. The van der Waals surface area contributed by atoms with Crippen LogP contribution in [-0.4, -0.2) is 43.8 Å². The second-order valence-corrected chi connectivity index (χ2v) is 6.08. The fourth-order valence-corrected chi connectivity index (χ4v) is 3.08. The summed E-state index contributed by atoms with van der Waals surface area (Å²) in [6, 6.07) is 7.91. The fourth-order valence-electron chi connectivity index (χ4n) is 3.08. The van der Waals surface area contributed by atoms with Gasteiger partial charge in [0.2, 0.25) is 0 Å². The van der Waals surface area contributed by atoms with Crippen molar-refractivity contribution in [1.82, 2.24) is 24.8 Å². The molecular formula is C19H18N6O. The Bertz CT molecular complexity index is 887. The smallest absolute Gasteiger partial charge is 0.274 e. The number of hydrogen-bond donors (Lipinski definition) is 0. The van der Waals surface area contributed by atoms with E-state index in [1.165, 1.54) is 12.4 Å². The highest BCUT2D eigenvalue weighted by Gasteiger charge is 2.25. The van der Waals surface area contributed by atoms with Crippen molar-refractivity contribution in [2.24, 2.45) is 0 Å². The monoisotopic (exact) mass is 346 g/mol. The molecule has 3 aromatic rings. The average Bonchev–Trinajstić information content (AvgIpc) is 2.89. The van der Waals surface area contributed by atoms with Crippen molar-refractivity contribution in [3.63, 3.8) is 0 Å². The van der Waals surface area contributed by atoms with Crippen molar-refractivity contribution >= 4 is 11.7 Å². The van der Waals surface area contributed by atoms with Crippen LogP contribution in [0.3, 0.4) is 0 Å². The number of carbonyl (C=O) groups is 1. The van der Waals surface area contributed by atoms with Gasteiger partial charge < -0.3 is 9.80 Å². The van der Waals surface area contributed by atoms with Crippen molar-refractivity contribution < 1.29 is 4.79 Å². The molecule has 7 heteroatoms. The number of hydrogen-bond acceptors (Lipinski definition) is 6. The number of pyridine rings is 2. The molecule has 4 heterocycles. The Morgan fingerprint density at radius 2 is 1.85 bits per heavy atom. The van der Waals surface area contributed by atoms with Crippen molar-refractivity contribution in [3.05, 3.63) is 78.3 Å². The summed E-state index contributed by atoms with van der Waals surface area (Å²) in [5.41, 5.74) is 2.54. The van der Waals surface area contributed by atoms with Crippen LogP contribution in [0.5, 0.6) is 0 Å². The molecule has 0 atom stereocenters. The van der Waals surface area contributed by atoms with Gasteiger partial charge in [-0.25, -0.2) is 9.97 Å².